The van der Waals surface area contributed by atoms with Crippen LogP contribution in [-0.4, -0.2) is 152 Å². The van der Waals surface area contributed by atoms with Gasteiger partial charge in [-0.3, -0.25) is 19.2 Å². The SMILES string of the molecule is C.C=C(C)C(=O)NCCCNC(=O)C(CCCCNC(=O)c1cc(-c2cc(-c3ccc[n+](Cc4ccccc4B(O)O)c3)c[n+](Cc3ccccc3B(O)O)c2)c[n+](Cc2ccccc2B(O)O)c1)NC(=O)c1cc(-c2cc(-c3ccc[n+](Cc4ccccc4B(O)O)c3)c[n+](Cc3ccccc3B(O)O)c2)c[n+](Cc2ccccc2B(O)O)c1. The largest absolute Gasteiger partial charge is 0.488 e. The lowest BCUT2D eigenvalue weighted by Gasteiger charge is -2.19. The van der Waals surface area contributed by atoms with E-state index in [0.717, 1.165) is 16.7 Å². The average molecular weight is 1610 g/mol. The molecule has 12 rings (SSSR count). The van der Waals surface area contributed by atoms with Gasteiger partial charge in [-0.2, -0.15) is 18.3 Å². The molecular formula is C88H96B6N10O16+6. The Morgan fingerprint density at radius 2 is 0.608 bits per heavy atom. The third kappa shape index (κ3) is 23.6. The highest BCUT2D eigenvalue weighted by Crippen LogP contribution is 2.28. The Balaban J connectivity index is 0.0000141. The van der Waals surface area contributed by atoms with E-state index in [-0.39, 0.29) is 106 Å². The fourth-order valence-electron chi connectivity index (χ4n) is 14.5. The number of hydrogen-bond acceptors (Lipinski definition) is 16. The summed E-state index contributed by atoms with van der Waals surface area (Å²) in [7, 11) is -10.6. The van der Waals surface area contributed by atoms with Crippen molar-refractivity contribution in [1.29, 1.82) is 0 Å². The molecule has 0 saturated carbocycles. The van der Waals surface area contributed by atoms with E-state index in [4.69, 9.17) is 0 Å². The molecule has 16 N–H and O–H groups in total. The summed E-state index contributed by atoms with van der Waals surface area (Å²) < 4.78 is 11.1. The summed E-state index contributed by atoms with van der Waals surface area (Å²) in [6.07, 6.45) is 22.9. The second-order valence-electron chi connectivity index (χ2n) is 29.4. The van der Waals surface area contributed by atoms with Crippen LogP contribution in [0.1, 0.15) is 94.1 Å². The lowest BCUT2D eigenvalue weighted by atomic mass is 9.77. The molecule has 12 aromatic rings. The van der Waals surface area contributed by atoms with Crippen molar-refractivity contribution in [3.63, 3.8) is 0 Å². The maximum Gasteiger partial charge on any atom is 0.488 e. The summed E-state index contributed by atoms with van der Waals surface area (Å²) in [5, 5.41) is 137. The van der Waals surface area contributed by atoms with Gasteiger partial charge in [0, 0.05) is 70.7 Å². The Kier molecular flexibility index (Phi) is 30.9. The van der Waals surface area contributed by atoms with Crippen molar-refractivity contribution in [2.45, 2.75) is 85.3 Å². The van der Waals surface area contributed by atoms with Gasteiger partial charge in [0.15, 0.2) is 114 Å². The van der Waals surface area contributed by atoms with E-state index in [1.165, 1.54) is 0 Å². The monoisotopic (exact) mass is 1610 g/mol. The summed E-state index contributed by atoms with van der Waals surface area (Å²) in [4.78, 5) is 57.3. The van der Waals surface area contributed by atoms with E-state index in [1.807, 2.05) is 135 Å². The van der Waals surface area contributed by atoms with Gasteiger partial charge in [0.2, 0.25) is 11.8 Å². The fraction of sp³-hybridized carbons (Fsp3) is 0.182. The van der Waals surface area contributed by atoms with Crippen LogP contribution in [0.5, 0.6) is 0 Å². The van der Waals surface area contributed by atoms with E-state index in [9.17, 15) is 74.7 Å². The molecular weight excluding hydrogens is 1520 g/mol. The molecule has 0 bridgehead atoms. The Labute approximate surface area is 698 Å². The highest BCUT2D eigenvalue weighted by atomic mass is 16.4. The van der Waals surface area contributed by atoms with Crippen LogP contribution in [-0.2, 0) is 48.9 Å². The molecule has 1 unspecified atom stereocenters. The van der Waals surface area contributed by atoms with E-state index in [2.05, 4.69) is 27.8 Å². The van der Waals surface area contributed by atoms with Crippen LogP contribution in [0, 0.1) is 0 Å². The first-order chi connectivity index (χ1) is 57.4. The zero-order valence-corrected chi connectivity index (χ0v) is 65.5. The van der Waals surface area contributed by atoms with Gasteiger partial charge in [-0.15, -0.1) is 0 Å². The van der Waals surface area contributed by atoms with Crippen molar-refractivity contribution in [2.75, 3.05) is 19.6 Å². The van der Waals surface area contributed by atoms with Gasteiger partial charge in [0.25, 0.3) is 11.8 Å². The number of aromatic nitrogens is 6. The number of amides is 4. The number of rotatable bonds is 36. The van der Waals surface area contributed by atoms with Crippen LogP contribution in [0.25, 0.3) is 44.5 Å². The van der Waals surface area contributed by atoms with Crippen LogP contribution >= 0.6 is 0 Å². The molecule has 6 aromatic carbocycles. The highest BCUT2D eigenvalue weighted by Gasteiger charge is 2.30. The molecule has 0 radical (unpaired) electrons. The zero-order valence-electron chi connectivity index (χ0n) is 65.5. The fourth-order valence-corrected chi connectivity index (χ4v) is 14.5. The molecule has 0 fully saturated rings. The Morgan fingerprint density at radius 3 is 0.950 bits per heavy atom. The molecule has 26 nitrogen and oxygen atoms in total. The molecule has 0 aliphatic rings. The molecule has 6 heterocycles. The minimum atomic E-state index is -1.85. The van der Waals surface area contributed by atoms with E-state index in [1.54, 1.807) is 168 Å². The van der Waals surface area contributed by atoms with Gasteiger partial charge in [-0.05, 0) is 102 Å². The molecule has 606 valence electrons. The van der Waals surface area contributed by atoms with Gasteiger partial charge >= 0.3 is 42.7 Å². The average Bonchev–Trinajstić information content (AvgIpc) is 0.792. The van der Waals surface area contributed by atoms with Gasteiger partial charge in [0.1, 0.15) is 17.2 Å². The smallest absolute Gasteiger partial charge is 0.423 e. The highest BCUT2D eigenvalue weighted by molar-refractivity contribution is 6.61. The number of benzene rings is 6. The summed E-state index contributed by atoms with van der Waals surface area (Å²) in [6.45, 7) is 6.71. The molecule has 32 heteroatoms. The number of unbranched alkanes of at least 4 members (excludes halogenated alkanes) is 1. The summed E-state index contributed by atoms with van der Waals surface area (Å²) in [6, 6.07) is 55.1. The molecule has 120 heavy (non-hydrogen) atoms. The second kappa shape index (κ2) is 41.9. The lowest BCUT2D eigenvalue weighted by molar-refractivity contribution is -0.689. The maximum absolute atomic E-state index is 15.3. The first-order valence-corrected chi connectivity index (χ1v) is 39.0. The second-order valence-corrected chi connectivity index (χ2v) is 29.4. The Morgan fingerprint density at radius 1 is 0.325 bits per heavy atom. The van der Waals surface area contributed by atoms with Crippen molar-refractivity contribution in [3.8, 4) is 44.5 Å². The third-order valence-corrected chi connectivity index (χ3v) is 20.5. The minimum Gasteiger partial charge on any atom is -0.423 e. The molecule has 0 spiro atoms. The van der Waals surface area contributed by atoms with Crippen molar-refractivity contribution in [3.05, 3.63) is 325 Å². The van der Waals surface area contributed by atoms with Crippen LogP contribution in [0.2, 0.25) is 0 Å². The Bertz CT molecular complexity index is 5650. The molecule has 6 aromatic heterocycles. The zero-order chi connectivity index (χ0) is 84.2. The van der Waals surface area contributed by atoms with Gasteiger partial charge in [0.05, 0.1) is 44.5 Å². The van der Waals surface area contributed by atoms with Gasteiger partial charge < -0.3 is 81.6 Å². The summed E-state index contributed by atoms with van der Waals surface area (Å²) in [5.41, 5.74) is 11.2. The summed E-state index contributed by atoms with van der Waals surface area (Å²) >= 11 is 0. The van der Waals surface area contributed by atoms with E-state index >= 15 is 4.79 Å². The topological polar surface area (TPSA) is 382 Å². The molecule has 1 atom stereocenters. The number of nitrogens with zero attached hydrogens (tertiary/aromatic N) is 6. The van der Waals surface area contributed by atoms with E-state index in [0.29, 0.717) is 103 Å². The predicted octanol–water partition coefficient (Wildman–Crippen LogP) is -2.02. The van der Waals surface area contributed by atoms with Crippen molar-refractivity contribution in [2.24, 2.45) is 0 Å². The number of carbonyl (C=O) groups is 4. The summed E-state index contributed by atoms with van der Waals surface area (Å²) in [5.74, 6) is -2.02. The van der Waals surface area contributed by atoms with Crippen LogP contribution in [0.15, 0.2) is 281 Å². The number of pyridine rings is 6. The Hall–Kier alpha value is -12.3. The predicted molar refractivity (Wildman–Crippen MR) is 458 cm³/mol. The van der Waals surface area contributed by atoms with Crippen LogP contribution in [0.3, 0.4) is 0 Å². The van der Waals surface area contributed by atoms with Crippen molar-refractivity contribution < 1.29 is 107 Å². The quantitative estimate of drug-likeness (QED) is 0.00873. The normalized spacial score (nSPS) is 11.2. The first-order valence-electron chi connectivity index (χ1n) is 39.0. The maximum atomic E-state index is 15.3. The third-order valence-electron chi connectivity index (χ3n) is 20.5. The number of nitrogens with one attached hydrogen (secondary N) is 4. The lowest BCUT2D eigenvalue weighted by Crippen LogP contribution is -2.48. The molecule has 0 saturated heterocycles. The van der Waals surface area contributed by atoms with Crippen LogP contribution in [0.4, 0.5) is 0 Å². The standard InChI is InChI=1S/C87H88B6N10O16.CH4/c1-60(2)84(104)94-36-19-37-96-87(107)83(97-86(106)76-43-74(57-103(59-76)51-68-25-8-14-33-82(68)93(118)119)72-41-70(53-101(55-72)49-66-23-6-12-31-80(66)91(114)115)62-27-18-39-99(45-62)47-64-21-4-10-29-78(64)89(110)111)34-15-16-35-95-85(105)75-42-73(56-102(58-75)50-67-24-7-13-32-81(67)92(116)117)71-40-69(52-100(54-71)48-65-22-5-11-30-79(65)90(112)113)61-26-17-38-98(44-61)46-63-20-3-9-28-77(63)88(108)109;/h3-14,17-18,20-33,38-45,52-59,83,108-119H,1,15-16,19,34-37,46-51H2,2H3;1H4/q+2;/p+4. The van der Waals surface area contributed by atoms with Crippen molar-refractivity contribution >= 4 is 99.1 Å². The van der Waals surface area contributed by atoms with Gasteiger partial charge in [-0.25, -0.2) is 9.13 Å². The number of carbonyl (C=O) groups excluding carboxylic acids is 4. The van der Waals surface area contributed by atoms with Crippen molar-refractivity contribution in [1.82, 2.24) is 21.3 Å². The van der Waals surface area contributed by atoms with Gasteiger partial charge in [-0.1, -0.05) is 160 Å². The molecule has 4 amide bonds. The van der Waals surface area contributed by atoms with Crippen LogP contribution < -0.4 is 81.4 Å². The number of hydrogen-bond donors (Lipinski definition) is 16. The minimum absolute atomic E-state index is 0. The molecule has 0 aliphatic carbocycles. The first kappa shape index (κ1) is 88.6. The van der Waals surface area contributed by atoms with E-state index < -0.39 is 66.5 Å². The molecule has 0 aliphatic heterocycles.